The zero-order chi connectivity index (χ0) is 13.7. The summed E-state index contributed by atoms with van der Waals surface area (Å²) in [5.41, 5.74) is 1.39. The van der Waals surface area contributed by atoms with E-state index in [0.717, 1.165) is 26.3 Å². The summed E-state index contributed by atoms with van der Waals surface area (Å²) in [7, 11) is 0. The largest absolute Gasteiger partial charge is 0.379 e. The lowest BCUT2D eigenvalue weighted by Crippen LogP contribution is -2.48. The van der Waals surface area contributed by atoms with Crippen molar-refractivity contribution in [3.63, 3.8) is 0 Å². The molecule has 3 heteroatoms. The molecular formula is C16H26N2O. The SMILES string of the molecule is CC(C)NCC(c1ccccc1)N1CCOCC1C. The lowest BCUT2D eigenvalue weighted by Gasteiger charge is -2.40. The van der Waals surface area contributed by atoms with E-state index in [1.54, 1.807) is 0 Å². The molecule has 2 atom stereocenters. The third kappa shape index (κ3) is 4.03. The van der Waals surface area contributed by atoms with Crippen LogP contribution in [0.1, 0.15) is 32.4 Å². The van der Waals surface area contributed by atoms with E-state index in [1.165, 1.54) is 5.56 Å². The summed E-state index contributed by atoms with van der Waals surface area (Å²) >= 11 is 0. The van der Waals surface area contributed by atoms with Crippen LogP contribution in [0.25, 0.3) is 0 Å². The summed E-state index contributed by atoms with van der Waals surface area (Å²) in [6.45, 7) is 10.3. The highest BCUT2D eigenvalue weighted by atomic mass is 16.5. The van der Waals surface area contributed by atoms with Gasteiger partial charge in [-0.15, -0.1) is 0 Å². The zero-order valence-electron chi connectivity index (χ0n) is 12.3. The monoisotopic (exact) mass is 262 g/mol. The van der Waals surface area contributed by atoms with E-state index in [-0.39, 0.29) is 0 Å². The van der Waals surface area contributed by atoms with Crippen molar-refractivity contribution < 1.29 is 4.74 Å². The molecule has 1 fully saturated rings. The van der Waals surface area contributed by atoms with Gasteiger partial charge in [-0.25, -0.2) is 0 Å². The first-order valence-corrected chi connectivity index (χ1v) is 7.30. The van der Waals surface area contributed by atoms with Crippen molar-refractivity contribution in [1.82, 2.24) is 10.2 Å². The van der Waals surface area contributed by atoms with Crippen LogP contribution in [0.4, 0.5) is 0 Å². The van der Waals surface area contributed by atoms with Crippen LogP contribution < -0.4 is 5.32 Å². The van der Waals surface area contributed by atoms with Gasteiger partial charge in [-0.05, 0) is 12.5 Å². The molecule has 1 aliphatic rings. The Bertz CT molecular complexity index is 366. The second kappa shape index (κ2) is 7.04. The molecule has 1 heterocycles. The zero-order valence-corrected chi connectivity index (χ0v) is 12.3. The average Bonchev–Trinajstić information content (AvgIpc) is 2.42. The van der Waals surface area contributed by atoms with Gasteiger partial charge in [-0.1, -0.05) is 44.2 Å². The predicted octanol–water partition coefficient (Wildman–Crippen LogP) is 2.45. The number of nitrogens with zero attached hydrogens (tertiary/aromatic N) is 1. The Morgan fingerprint density at radius 2 is 2.05 bits per heavy atom. The maximum Gasteiger partial charge on any atom is 0.0620 e. The molecule has 1 aromatic carbocycles. The molecule has 19 heavy (non-hydrogen) atoms. The van der Waals surface area contributed by atoms with Crippen LogP contribution in [0, 0.1) is 0 Å². The van der Waals surface area contributed by atoms with E-state index < -0.39 is 0 Å². The van der Waals surface area contributed by atoms with Gasteiger partial charge >= 0.3 is 0 Å². The van der Waals surface area contributed by atoms with Gasteiger partial charge in [0.2, 0.25) is 0 Å². The second-order valence-electron chi connectivity index (χ2n) is 5.65. The van der Waals surface area contributed by atoms with Crippen molar-refractivity contribution in [2.24, 2.45) is 0 Å². The van der Waals surface area contributed by atoms with E-state index in [9.17, 15) is 0 Å². The van der Waals surface area contributed by atoms with Crippen LogP contribution in [-0.2, 0) is 4.74 Å². The van der Waals surface area contributed by atoms with Crippen molar-refractivity contribution in [2.75, 3.05) is 26.3 Å². The van der Waals surface area contributed by atoms with Crippen LogP contribution in [0.15, 0.2) is 30.3 Å². The summed E-state index contributed by atoms with van der Waals surface area (Å²) in [6.07, 6.45) is 0. The molecule has 0 saturated carbocycles. The standard InChI is InChI=1S/C16H26N2O/c1-13(2)17-11-16(15-7-5-4-6-8-15)18-9-10-19-12-14(18)3/h4-8,13-14,16-17H,9-12H2,1-3H3. The van der Waals surface area contributed by atoms with Crippen molar-refractivity contribution in [3.8, 4) is 0 Å². The average molecular weight is 262 g/mol. The number of rotatable bonds is 5. The summed E-state index contributed by atoms with van der Waals surface area (Å²) in [6, 6.07) is 12.2. The number of benzene rings is 1. The molecule has 0 amide bonds. The Kier molecular flexibility index (Phi) is 5.37. The molecular weight excluding hydrogens is 236 g/mol. The summed E-state index contributed by atoms with van der Waals surface area (Å²) in [4.78, 5) is 2.56. The van der Waals surface area contributed by atoms with Crippen molar-refractivity contribution in [1.29, 1.82) is 0 Å². The molecule has 1 aromatic rings. The molecule has 3 nitrogen and oxygen atoms in total. The van der Waals surface area contributed by atoms with E-state index in [2.05, 4.69) is 61.3 Å². The fourth-order valence-corrected chi connectivity index (χ4v) is 2.65. The molecule has 0 bridgehead atoms. The number of ether oxygens (including phenoxy) is 1. The lowest BCUT2D eigenvalue weighted by molar-refractivity contribution is -0.0228. The molecule has 0 spiro atoms. The molecule has 2 unspecified atom stereocenters. The lowest BCUT2D eigenvalue weighted by atomic mass is 10.0. The van der Waals surface area contributed by atoms with Gasteiger partial charge in [0.25, 0.3) is 0 Å². The predicted molar refractivity (Wildman–Crippen MR) is 79.3 cm³/mol. The third-order valence-corrected chi connectivity index (χ3v) is 3.72. The Morgan fingerprint density at radius 1 is 1.32 bits per heavy atom. The molecule has 1 aliphatic heterocycles. The number of morpholine rings is 1. The summed E-state index contributed by atoms with van der Waals surface area (Å²) < 4.78 is 5.56. The maximum atomic E-state index is 5.56. The first kappa shape index (κ1) is 14.5. The molecule has 106 valence electrons. The second-order valence-corrected chi connectivity index (χ2v) is 5.65. The molecule has 1 saturated heterocycles. The molecule has 0 radical (unpaired) electrons. The molecule has 0 aliphatic carbocycles. The van der Waals surface area contributed by atoms with Crippen molar-refractivity contribution in [2.45, 2.75) is 38.9 Å². The molecule has 2 rings (SSSR count). The van der Waals surface area contributed by atoms with E-state index in [1.807, 2.05) is 0 Å². The van der Waals surface area contributed by atoms with Crippen LogP contribution in [0.2, 0.25) is 0 Å². The van der Waals surface area contributed by atoms with E-state index in [0.29, 0.717) is 18.1 Å². The van der Waals surface area contributed by atoms with Crippen molar-refractivity contribution in [3.05, 3.63) is 35.9 Å². The Labute approximate surface area is 116 Å². The van der Waals surface area contributed by atoms with Crippen molar-refractivity contribution >= 4 is 0 Å². The van der Waals surface area contributed by atoms with Gasteiger partial charge in [0.1, 0.15) is 0 Å². The quantitative estimate of drug-likeness (QED) is 0.882. The third-order valence-electron chi connectivity index (χ3n) is 3.72. The van der Waals surface area contributed by atoms with Crippen LogP contribution in [0.3, 0.4) is 0 Å². The van der Waals surface area contributed by atoms with E-state index >= 15 is 0 Å². The minimum absolute atomic E-state index is 0.433. The Balaban J connectivity index is 2.13. The highest BCUT2D eigenvalue weighted by molar-refractivity contribution is 5.20. The first-order valence-electron chi connectivity index (χ1n) is 7.30. The van der Waals surface area contributed by atoms with Crippen LogP contribution in [-0.4, -0.2) is 43.3 Å². The highest BCUT2D eigenvalue weighted by Crippen LogP contribution is 2.24. The topological polar surface area (TPSA) is 24.5 Å². The van der Waals surface area contributed by atoms with Gasteiger partial charge in [-0.3, -0.25) is 4.90 Å². The maximum absolute atomic E-state index is 5.56. The van der Waals surface area contributed by atoms with Gasteiger partial charge < -0.3 is 10.1 Å². The number of nitrogens with one attached hydrogen (secondary N) is 1. The van der Waals surface area contributed by atoms with Gasteiger partial charge in [0.05, 0.1) is 13.2 Å². The number of hydrogen-bond donors (Lipinski definition) is 1. The molecule has 1 N–H and O–H groups in total. The summed E-state index contributed by atoms with van der Waals surface area (Å²) in [5.74, 6) is 0. The van der Waals surface area contributed by atoms with Crippen LogP contribution in [0.5, 0.6) is 0 Å². The number of hydrogen-bond acceptors (Lipinski definition) is 3. The van der Waals surface area contributed by atoms with E-state index in [4.69, 9.17) is 4.74 Å². The molecule has 0 aromatic heterocycles. The highest BCUT2D eigenvalue weighted by Gasteiger charge is 2.27. The smallest absolute Gasteiger partial charge is 0.0620 e. The van der Waals surface area contributed by atoms with Gasteiger partial charge in [0, 0.05) is 31.2 Å². The normalized spacial score (nSPS) is 22.6. The van der Waals surface area contributed by atoms with Gasteiger partial charge in [0.15, 0.2) is 0 Å². The fourth-order valence-electron chi connectivity index (χ4n) is 2.65. The summed E-state index contributed by atoms with van der Waals surface area (Å²) in [5, 5.41) is 3.58. The minimum Gasteiger partial charge on any atom is -0.379 e. The minimum atomic E-state index is 0.433. The van der Waals surface area contributed by atoms with Gasteiger partial charge in [-0.2, -0.15) is 0 Å². The van der Waals surface area contributed by atoms with Crippen LogP contribution >= 0.6 is 0 Å². The Morgan fingerprint density at radius 3 is 2.68 bits per heavy atom. The first-order chi connectivity index (χ1) is 9.18. The fraction of sp³-hybridized carbons (Fsp3) is 0.625. The Hall–Kier alpha value is -0.900.